The number of nitrogens with one attached hydrogen (secondary N) is 3. The third-order valence-electron chi connectivity index (χ3n) is 9.02. The van der Waals surface area contributed by atoms with Crippen LogP contribution in [0, 0.1) is 28.6 Å². The molecule has 0 radical (unpaired) electrons. The maximum atomic E-state index is 14.4. The molecule has 266 valence electrons. The van der Waals surface area contributed by atoms with Gasteiger partial charge in [-0.25, -0.2) is 4.79 Å². The number of benzene rings is 1. The maximum absolute atomic E-state index is 14.4. The molecule has 5 atom stereocenters. The van der Waals surface area contributed by atoms with Crippen LogP contribution in [-0.2, 0) is 30.5 Å². The number of Topliss-reactive ketones (excluding diaryl/α,β-unsaturated/α-hetero) is 1. The Balaban J connectivity index is 1.80. The number of nitrogens with zero attached hydrogens (tertiary/aromatic N) is 1. The Morgan fingerprint density at radius 1 is 0.938 bits per heavy atom. The van der Waals surface area contributed by atoms with Gasteiger partial charge in [-0.05, 0) is 41.1 Å². The van der Waals surface area contributed by atoms with Crippen molar-refractivity contribution in [2.24, 2.45) is 34.3 Å². The Morgan fingerprint density at radius 3 is 2.12 bits per heavy atom. The summed E-state index contributed by atoms with van der Waals surface area (Å²) < 4.78 is 5.97. The van der Waals surface area contributed by atoms with Crippen LogP contribution >= 0.6 is 0 Å². The molecule has 0 aromatic heterocycles. The number of likely N-dealkylation sites (tertiary alicyclic amines) is 1. The zero-order chi connectivity index (χ0) is 35.8. The Kier molecular flexibility index (Phi) is 13.4. The molecule has 1 aliphatic heterocycles. The molecule has 1 saturated carbocycles. The predicted molar refractivity (Wildman–Crippen MR) is 185 cm³/mol. The van der Waals surface area contributed by atoms with Crippen LogP contribution in [0.4, 0.5) is 4.79 Å². The van der Waals surface area contributed by atoms with Gasteiger partial charge in [-0.15, -0.1) is 0 Å². The molecule has 5 N–H and O–H groups in total. The fraction of sp³-hybridized carbons (Fsp3) is 0.649. The second-order valence-corrected chi connectivity index (χ2v) is 15.9. The number of allylic oxidation sites excluding steroid dienone is 1. The number of primary amides is 1. The van der Waals surface area contributed by atoms with E-state index in [0.29, 0.717) is 19.4 Å². The minimum Gasteiger partial charge on any atom is -0.375 e. The van der Waals surface area contributed by atoms with E-state index in [1.165, 1.54) is 4.90 Å². The molecular weight excluding hydrogens is 610 g/mol. The summed E-state index contributed by atoms with van der Waals surface area (Å²) in [7, 11) is 0. The topological polar surface area (TPSA) is 160 Å². The second-order valence-electron chi connectivity index (χ2n) is 15.9. The molecule has 0 spiro atoms. The number of urea groups is 1. The van der Waals surface area contributed by atoms with Crippen LogP contribution in [0.5, 0.6) is 0 Å². The Bertz CT molecular complexity index is 1310. The second kappa shape index (κ2) is 16.6. The summed E-state index contributed by atoms with van der Waals surface area (Å²) in [5, 5.41) is 8.71. The van der Waals surface area contributed by atoms with Crippen molar-refractivity contribution in [2.75, 3.05) is 13.2 Å². The fourth-order valence-corrected chi connectivity index (χ4v) is 5.84. The smallest absolute Gasteiger partial charge is 0.315 e. The van der Waals surface area contributed by atoms with Crippen LogP contribution in [0.25, 0.3) is 0 Å². The summed E-state index contributed by atoms with van der Waals surface area (Å²) in [6.07, 6.45) is 6.64. The quantitative estimate of drug-likeness (QED) is 0.163. The van der Waals surface area contributed by atoms with Crippen molar-refractivity contribution >= 4 is 29.5 Å². The standard InChI is InChI=1S/C37H57N5O6/c1-23(2)14-17-26-18-19-42(29(26)33(45)39-27(20-24-15-16-24)30(43)32(38)44)34(46)31(37(6,7)8)41-35(47)40-28(36(3,4)5)22-48-21-25-12-10-9-11-13-25/h9-14,17,23-24,26-29,31H,15-16,18-22H2,1-8H3,(H2,38,44)(H,39,45)(H2,40,41,47)/b17-14+/t26-,27?,28+,29-,31+/m0/s1. The molecule has 2 aliphatic rings. The minimum atomic E-state index is -1.10. The van der Waals surface area contributed by atoms with E-state index in [1.807, 2.05) is 97.9 Å². The van der Waals surface area contributed by atoms with Crippen LogP contribution in [0.15, 0.2) is 42.5 Å². The molecule has 1 saturated heterocycles. The van der Waals surface area contributed by atoms with Crippen molar-refractivity contribution < 1.29 is 28.7 Å². The highest BCUT2D eigenvalue weighted by Gasteiger charge is 2.47. The van der Waals surface area contributed by atoms with E-state index < -0.39 is 53.1 Å². The monoisotopic (exact) mass is 667 g/mol. The number of nitrogens with two attached hydrogens (primary N) is 1. The zero-order valence-corrected chi connectivity index (χ0v) is 30.0. The van der Waals surface area contributed by atoms with Crippen LogP contribution in [-0.4, -0.2) is 71.8 Å². The molecule has 1 heterocycles. The van der Waals surface area contributed by atoms with Crippen LogP contribution in [0.3, 0.4) is 0 Å². The van der Waals surface area contributed by atoms with Gasteiger partial charge in [-0.2, -0.15) is 0 Å². The van der Waals surface area contributed by atoms with E-state index in [0.717, 1.165) is 18.4 Å². The Hall–Kier alpha value is -3.73. The lowest BCUT2D eigenvalue weighted by Gasteiger charge is -2.37. The van der Waals surface area contributed by atoms with Gasteiger partial charge in [0.2, 0.25) is 17.6 Å². The zero-order valence-electron chi connectivity index (χ0n) is 30.0. The number of carbonyl (C=O) groups excluding carboxylic acids is 5. The SMILES string of the molecule is CC(C)/C=C/[C@H]1CCN(C(=O)[C@@H](NC(=O)N[C@H](COCc2ccccc2)C(C)(C)C)C(C)(C)C)[C@@H]1C(=O)NC(CC1CC1)C(=O)C(N)=O. The third kappa shape index (κ3) is 11.5. The maximum Gasteiger partial charge on any atom is 0.315 e. The van der Waals surface area contributed by atoms with Gasteiger partial charge in [-0.3, -0.25) is 19.2 Å². The number of hydrogen-bond donors (Lipinski definition) is 4. The minimum absolute atomic E-state index is 0.220. The van der Waals surface area contributed by atoms with Crippen molar-refractivity contribution in [2.45, 2.75) is 112 Å². The Morgan fingerprint density at radius 2 is 1.58 bits per heavy atom. The average Bonchev–Trinajstić information content (AvgIpc) is 3.71. The van der Waals surface area contributed by atoms with Gasteiger partial charge in [0, 0.05) is 12.5 Å². The molecule has 1 unspecified atom stereocenters. The molecule has 5 amide bonds. The normalized spacial score (nSPS) is 20.3. The first-order valence-corrected chi connectivity index (χ1v) is 17.2. The number of ether oxygens (including phenoxy) is 1. The molecule has 3 rings (SSSR count). The molecule has 1 aliphatic carbocycles. The molecular formula is C37H57N5O6. The molecule has 2 fully saturated rings. The number of ketones is 1. The highest BCUT2D eigenvalue weighted by molar-refractivity contribution is 6.37. The number of carbonyl (C=O) groups is 5. The highest BCUT2D eigenvalue weighted by atomic mass is 16.5. The number of rotatable bonds is 15. The van der Waals surface area contributed by atoms with Crippen molar-refractivity contribution in [3.63, 3.8) is 0 Å². The van der Waals surface area contributed by atoms with Crippen molar-refractivity contribution in [3.05, 3.63) is 48.0 Å². The summed E-state index contributed by atoms with van der Waals surface area (Å²) in [5.41, 5.74) is 5.30. The van der Waals surface area contributed by atoms with Crippen LogP contribution in [0.1, 0.15) is 86.6 Å². The fourth-order valence-electron chi connectivity index (χ4n) is 5.84. The van der Waals surface area contributed by atoms with Gasteiger partial charge in [0.15, 0.2) is 0 Å². The Labute approximate surface area is 286 Å². The number of amides is 5. The molecule has 1 aromatic rings. The highest BCUT2D eigenvalue weighted by Crippen LogP contribution is 2.34. The van der Waals surface area contributed by atoms with E-state index in [-0.39, 0.29) is 42.4 Å². The molecule has 48 heavy (non-hydrogen) atoms. The van der Waals surface area contributed by atoms with Gasteiger partial charge < -0.3 is 31.3 Å². The van der Waals surface area contributed by atoms with E-state index in [2.05, 4.69) is 16.0 Å². The first kappa shape index (κ1) is 38.7. The lowest BCUT2D eigenvalue weighted by molar-refractivity contribution is -0.144. The van der Waals surface area contributed by atoms with E-state index in [4.69, 9.17) is 10.5 Å². The molecule has 1 aromatic carbocycles. The first-order chi connectivity index (χ1) is 22.4. The van der Waals surface area contributed by atoms with Gasteiger partial charge in [0.1, 0.15) is 12.1 Å². The van der Waals surface area contributed by atoms with Crippen molar-refractivity contribution in [3.8, 4) is 0 Å². The van der Waals surface area contributed by atoms with Gasteiger partial charge >= 0.3 is 6.03 Å². The summed E-state index contributed by atoms with van der Waals surface area (Å²) in [6, 6.07) is 5.96. The van der Waals surface area contributed by atoms with Crippen molar-refractivity contribution in [1.29, 1.82) is 0 Å². The molecule has 11 nitrogen and oxygen atoms in total. The van der Waals surface area contributed by atoms with E-state index >= 15 is 0 Å². The summed E-state index contributed by atoms with van der Waals surface area (Å²) in [6.45, 7) is 16.6. The van der Waals surface area contributed by atoms with Crippen LogP contribution < -0.4 is 21.7 Å². The third-order valence-corrected chi connectivity index (χ3v) is 9.02. The van der Waals surface area contributed by atoms with Gasteiger partial charge in [0.05, 0.1) is 25.3 Å². The molecule has 11 heteroatoms. The van der Waals surface area contributed by atoms with E-state index in [1.54, 1.807) is 0 Å². The van der Waals surface area contributed by atoms with Crippen LogP contribution in [0.2, 0.25) is 0 Å². The number of hydrogen-bond acceptors (Lipinski definition) is 6. The van der Waals surface area contributed by atoms with Gasteiger partial charge in [-0.1, -0.05) is 111 Å². The van der Waals surface area contributed by atoms with Crippen molar-refractivity contribution in [1.82, 2.24) is 20.9 Å². The predicted octanol–water partition coefficient (Wildman–Crippen LogP) is 4.10. The summed E-state index contributed by atoms with van der Waals surface area (Å²) >= 11 is 0. The van der Waals surface area contributed by atoms with Gasteiger partial charge in [0.25, 0.3) is 5.91 Å². The summed E-state index contributed by atoms with van der Waals surface area (Å²) in [4.78, 5) is 67.9. The van der Waals surface area contributed by atoms with E-state index in [9.17, 15) is 24.0 Å². The molecule has 0 bridgehead atoms. The largest absolute Gasteiger partial charge is 0.375 e. The lowest BCUT2D eigenvalue weighted by Crippen LogP contribution is -2.62. The lowest BCUT2D eigenvalue weighted by atomic mass is 9.85. The first-order valence-electron chi connectivity index (χ1n) is 17.2. The summed E-state index contributed by atoms with van der Waals surface area (Å²) in [5.74, 6) is -2.71. The average molecular weight is 668 g/mol.